The molecule has 2 heterocycles. The monoisotopic (exact) mass is 305 g/mol. The molecule has 1 aliphatic rings. The Balaban J connectivity index is 1.88. The van der Waals surface area contributed by atoms with Gasteiger partial charge in [0.15, 0.2) is 0 Å². The number of ether oxygens (including phenoxy) is 1. The molecule has 1 fully saturated rings. The first kappa shape index (κ1) is 14.1. The van der Waals surface area contributed by atoms with Crippen LogP contribution in [0.25, 0.3) is 0 Å². The Bertz CT molecular complexity index is 585. The Morgan fingerprint density at radius 3 is 2.86 bits per heavy atom. The molecule has 0 atom stereocenters. The van der Waals surface area contributed by atoms with Gasteiger partial charge >= 0.3 is 6.01 Å². The standard InChI is InChI=1S/C14H19N5OS/c1-3-20-14-17-12(15-2)16-13(18-14)19(10-6-7-10)9-11-5-4-8-21-11/h4-5,8,10H,3,6-7,9H2,1-2H3,(H,15,16,17,18). The molecule has 0 unspecified atom stereocenters. The molecule has 112 valence electrons. The van der Waals surface area contributed by atoms with Crippen LogP contribution in [0, 0.1) is 0 Å². The van der Waals surface area contributed by atoms with Gasteiger partial charge in [-0.3, -0.25) is 0 Å². The molecule has 0 aromatic carbocycles. The number of hydrogen-bond acceptors (Lipinski definition) is 7. The zero-order valence-electron chi connectivity index (χ0n) is 12.2. The Morgan fingerprint density at radius 2 is 2.24 bits per heavy atom. The van der Waals surface area contributed by atoms with Crippen molar-refractivity contribution >= 4 is 23.2 Å². The fourth-order valence-corrected chi connectivity index (χ4v) is 2.80. The summed E-state index contributed by atoms with van der Waals surface area (Å²) in [7, 11) is 1.80. The third-order valence-corrected chi connectivity index (χ3v) is 4.11. The molecule has 0 bridgehead atoms. The van der Waals surface area contributed by atoms with Crippen LogP contribution >= 0.6 is 11.3 Å². The van der Waals surface area contributed by atoms with Gasteiger partial charge in [0.1, 0.15) is 0 Å². The zero-order chi connectivity index (χ0) is 14.7. The van der Waals surface area contributed by atoms with E-state index in [9.17, 15) is 0 Å². The van der Waals surface area contributed by atoms with Crippen molar-refractivity contribution in [2.24, 2.45) is 0 Å². The second-order valence-corrected chi connectivity index (χ2v) is 5.90. The maximum atomic E-state index is 5.45. The molecule has 2 aromatic rings. The van der Waals surface area contributed by atoms with E-state index in [0.717, 1.165) is 6.54 Å². The van der Waals surface area contributed by atoms with Crippen molar-refractivity contribution in [3.63, 3.8) is 0 Å². The molecule has 21 heavy (non-hydrogen) atoms. The van der Waals surface area contributed by atoms with Crippen LogP contribution in [0.2, 0.25) is 0 Å². The first-order chi connectivity index (χ1) is 10.3. The SMILES string of the molecule is CCOc1nc(NC)nc(N(Cc2cccs2)C2CC2)n1. The summed E-state index contributed by atoms with van der Waals surface area (Å²) in [6.07, 6.45) is 2.38. The van der Waals surface area contributed by atoms with Crippen LogP contribution in [-0.2, 0) is 6.54 Å². The van der Waals surface area contributed by atoms with E-state index in [1.807, 2.05) is 6.92 Å². The second-order valence-electron chi connectivity index (χ2n) is 4.86. The van der Waals surface area contributed by atoms with Crippen LogP contribution in [0.15, 0.2) is 17.5 Å². The first-order valence-corrected chi connectivity index (χ1v) is 8.03. The number of nitrogens with one attached hydrogen (secondary N) is 1. The topological polar surface area (TPSA) is 63.2 Å². The van der Waals surface area contributed by atoms with Crippen LogP contribution in [0.4, 0.5) is 11.9 Å². The lowest BCUT2D eigenvalue weighted by molar-refractivity contribution is 0.312. The van der Waals surface area contributed by atoms with Crippen molar-refractivity contribution in [1.82, 2.24) is 15.0 Å². The van der Waals surface area contributed by atoms with E-state index in [2.05, 4.69) is 42.7 Å². The van der Waals surface area contributed by atoms with E-state index in [1.54, 1.807) is 18.4 Å². The summed E-state index contributed by atoms with van der Waals surface area (Å²) < 4.78 is 5.45. The minimum Gasteiger partial charge on any atom is -0.464 e. The second kappa shape index (κ2) is 6.26. The molecule has 0 spiro atoms. The van der Waals surface area contributed by atoms with Crippen LogP contribution in [-0.4, -0.2) is 34.6 Å². The minimum atomic E-state index is 0.378. The summed E-state index contributed by atoms with van der Waals surface area (Å²) in [5.74, 6) is 1.23. The predicted molar refractivity (Wildman–Crippen MR) is 84.1 cm³/mol. The summed E-state index contributed by atoms with van der Waals surface area (Å²) in [6.45, 7) is 3.30. The number of aromatic nitrogens is 3. The van der Waals surface area contributed by atoms with Gasteiger partial charge in [0, 0.05) is 18.0 Å². The Kier molecular flexibility index (Phi) is 4.19. The third kappa shape index (κ3) is 3.41. The molecule has 0 radical (unpaired) electrons. The van der Waals surface area contributed by atoms with Gasteiger partial charge in [-0.15, -0.1) is 11.3 Å². The fraction of sp³-hybridized carbons (Fsp3) is 0.500. The van der Waals surface area contributed by atoms with Gasteiger partial charge in [0.25, 0.3) is 0 Å². The molecular formula is C14H19N5OS. The Morgan fingerprint density at radius 1 is 1.38 bits per heavy atom. The normalized spacial score (nSPS) is 14.0. The highest BCUT2D eigenvalue weighted by atomic mass is 32.1. The van der Waals surface area contributed by atoms with E-state index in [-0.39, 0.29) is 0 Å². The molecule has 2 aromatic heterocycles. The lowest BCUT2D eigenvalue weighted by atomic mass is 10.4. The average molecular weight is 305 g/mol. The molecule has 3 rings (SSSR count). The lowest BCUT2D eigenvalue weighted by Gasteiger charge is -2.22. The van der Waals surface area contributed by atoms with Gasteiger partial charge in [-0.05, 0) is 31.2 Å². The summed E-state index contributed by atoms with van der Waals surface area (Å²) in [5.41, 5.74) is 0. The van der Waals surface area contributed by atoms with Gasteiger partial charge in [0.05, 0.1) is 13.2 Å². The molecular weight excluding hydrogens is 286 g/mol. The average Bonchev–Trinajstić information content (AvgIpc) is 3.21. The first-order valence-electron chi connectivity index (χ1n) is 7.15. The van der Waals surface area contributed by atoms with E-state index in [1.165, 1.54) is 17.7 Å². The van der Waals surface area contributed by atoms with Crippen molar-refractivity contribution in [1.29, 1.82) is 0 Å². The van der Waals surface area contributed by atoms with Gasteiger partial charge in [-0.25, -0.2) is 0 Å². The number of anilines is 2. The fourth-order valence-electron chi connectivity index (χ4n) is 2.10. The van der Waals surface area contributed by atoms with Gasteiger partial charge < -0.3 is 15.0 Å². The Labute approximate surface area is 128 Å². The number of hydrogen-bond donors (Lipinski definition) is 1. The maximum absolute atomic E-state index is 5.45. The number of nitrogens with zero attached hydrogens (tertiary/aromatic N) is 4. The van der Waals surface area contributed by atoms with Crippen molar-refractivity contribution < 1.29 is 4.74 Å². The largest absolute Gasteiger partial charge is 0.464 e. The quantitative estimate of drug-likeness (QED) is 0.848. The van der Waals surface area contributed by atoms with Gasteiger partial charge in [0.2, 0.25) is 11.9 Å². The van der Waals surface area contributed by atoms with Crippen LogP contribution < -0.4 is 15.0 Å². The molecule has 1 saturated carbocycles. The van der Waals surface area contributed by atoms with Crippen molar-refractivity contribution in [2.75, 3.05) is 23.9 Å². The minimum absolute atomic E-state index is 0.378. The molecule has 6 nitrogen and oxygen atoms in total. The maximum Gasteiger partial charge on any atom is 0.323 e. The molecule has 0 saturated heterocycles. The van der Waals surface area contributed by atoms with Gasteiger partial charge in [-0.2, -0.15) is 15.0 Å². The number of thiophene rings is 1. The van der Waals surface area contributed by atoms with Gasteiger partial charge in [-0.1, -0.05) is 6.07 Å². The van der Waals surface area contributed by atoms with Crippen molar-refractivity contribution in [3.05, 3.63) is 22.4 Å². The van der Waals surface area contributed by atoms with E-state index in [4.69, 9.17) is 4.74 Å². The molecule has 1 N–H and O–H groups in total. The lowest BCUT2D eigenvalue weighted by Crippen LogP contribution is -2.27. The Hall–Kier alpha value is -1.89. The van der Waals surface area contributed by atoms with Crippen LogP contribution in [0.3, 0.4) is 0 Å². The third-order valence-electron chi connectivity index (χ3n) is 3.25. The zero-order valence-corrected chi connectivity index (χ0v) is 13.1. The summed E-state index contributed by atoms with van der Waals surface area (Å²) in [4.78, 5) is 16.7. The van der Waals surface area contributed by atoms with E-state index in [0.29, 0.717) is 30.6 Å². The highest BCUT2D eigenvalue weighted by Gasteiger charge is 2.32. The summed E-state index contributed by atoms with van der Waals surface area (Å²) in [5, 5.41) is 5.07. The highest BCUT2D eigenvalue weighted by molar-refractivity contribution is 7.09. The summed E-state index contributed by atoms with van der Waals surface area (Å²) >= 11 is 1.76. The number of rotatable bonds is 7. The molecule has 7 heteroatoms. The van der Waals surface area contributed by atoms with Crippen molar-refractivity contribution in [2.45, 2.75) is 32.4 Å². The smallest absolute Gasteiger partial charge is 0.323 e. The molecule has 0 amide bonds. The molecule has 0 aliphatic heterocycles. The molecule has 1 aliphatic carbocycles. The highest BCUT2D eigenvalue weighted by Crippen LogP contribution is 2.32. The predicted octanol–water partition coefficient (Wildman–Crippen LogP) is 2.54. The summed E-state index contributed by atoms with van der Waals surface area (Å²) in [6, 6.07) is 5.12. The van der Waals surface area contributed by atoms with E-state index >= 15 is 0 Å². The van der Waals surface area contributed by atoms with E-state index < -0.39 is 0 Å². The van der Waals surface area contributed by atoms with Crippen LogP contribution in [0.1, 0.15) is 24.6 Å². The van der Waals surface area contributed by atoms with Crippen LogP contribution in [0.5, 0.6) is 6.01 Å². The van der Waals surface area contributed by atoms with Crippen molar-refractivity contribution in [3.8, 4) is 6.01 Å².